The van der Waals surface area contributed by atoms with Crippen LogP contribution >= 0.6 is 0 Å². The number of aryl methyl sites for hydroxylation is 1. The van der Waals surface area contributed by atoms with Crippen LogP contribution in [0.15, 0.2) is 42.6 Å². The molecule has 3 heterocycles. The number of nitrogens with one attached hydrogen (secondary N) is 1. The van der Waals surface area contributed by atoms with E-state index in [1.165, 1.54) is 11.1 Å². The molecule has 4 atom stereocenters. The number of hydrogen-bond acceptors (Lipinski definition) is 5. The van der Waals surface area contributed by atoms with Crippen LogP contribution in [0.2, 0.25) is 0 Å². The maximum atomic E-state index is 13.0. The minimum absolute atomic E-state index is 0.191. The maximum absolute atomic E-state index is 13.0. The van der Waals surface area contributed by atoms with E-state index in [0.29, 0.717) is 18.0 Å². The van der Waals surface area contributed by atoms with Gasteiger partial charge in [-0.05, 0) is 48.4 Å². The van der Waals surface area contributed by atoms with Crippen molar-refractivity contribution in [2.24, 2.45) is 5.92 Å². The maximum Gasteiger partial charge on any atom is 0.236 e. The SMILES string of the molecule is C[C@H]1CC2CN(C(=O)CNC3CCc4ccccc43)CC1N2c1ccc(C#N)cn1. The van der Waals surface area contributed by atoms with Crippen LogP contribution in [0, 0.1) is 17.2 Å². The molecule has 6 nitrogen and oxygen atoms in total. The van der Waals surface area contributed by atoms with Crippen molar-refractivity contribution in [1.29, 1.82) is 5.26 Å². The van der Waals surface area contributed by atoms with Crippen molar-refractivity contribution in [2.45, 2.75) is 44.3 Å². The van der Waals surface area contributed by atoms with E-state index in [-0.39, 0.29) is 24.0 Å². The molecule has 1 N–H and O–H groups in total. The van der Waals surface area contributed by atoms with Crippen molar-refractivity contribution in [2.75, 3.05) is 24.5 Å². The Morgan fingerprint density at radius 3 is 2.90 bits per heavy atom. The molecule has 2 bridgehead atoms. The summed E-state index contributed by atoms with van der Waals surface area (Å²) in [4.78, 5) is 21.9. The summed E-state index contributed by atoms with van der Waals surface area (Å²) < 4.78 is 0. The number of amides is 1. The number of nitrogens with zero attached hydrogens (tertiary/aromatic N) is 4. The van der Waals surface area contributed by atoms with Crippen LogP contribution in [0.25, 0.3) is 0 Å². The summed E-state index contributed by atoms with van der Waals surface area (Å²) in [6.07, 6.45) is 4.85. The second-order valence-corrected chi connectivity index (χ2v) is 8.83. The average molecular weight is 402 g/mol. The van der Waals surface area contributed by atoms with Crippen molar-refractivity contribution in [3.8, 4) is 6.07 Å². The molecule has 154 valence electrons. The van der Waals surface area contributed by atoms with E-state index in [0.717, 1.165) is 38.2 Å². The van der Waals surface area contributed by atoms with Gasteiger partial charge in [0.1, 0.15) is 11.9 Å². The molecule has 5 rings (SSSR count). The van der Waals surface area contributed by atoms with E-state index in [1.54, 1.807) is 6.20 Å². The molecule has 1 amide bonds. The van der Waals surface area contributed by atoms with E-state index in [2.05, 4.69) is 52.5 Å². The third-order valence-electron chi connectivity index (χ3n) is 7.02. The molecule has 6 heteroatoms. The lowest BCUT2D eigenvalue weighted by atomic mass is 10.0. The van der Waals surface area contributed by atoms with Gasteiger partial charge < -0.3 is 15.1 Å². The number of likely N-dealkylation sites (tertiary alicyclic amines) is 1. The number of anilines is 1. The van der Waals surface area contributed by atoms with Gasteiger partial charge in [-0.2, -0.15) is 5.26 Å². The molecule has 30 heavy (non-hydrogen) atoms. The van der Waals surface area contributed by atoms with E-state index in [9.17, 15) is 4.79 Å². The standard InChI is InChI=1S/C24H27N5O/c1-16-10-19-14-28(15-22(16)29(19)23-9-6-17(11-25)12-27-23)24(30)13-26-21-8-7-18-4-2-3-5-20(18)21/h2-6,9,12,16,19,21-22,26H,7-8,10,13-15H2,1H3/t16-,19?,21?,22?/m0/s1. The Bertz CT molecular complexity index is 982. The molecule has 1 aromatic carbocycles. The number of benzene rings is 1. The van der Waals surface area contributed by atoms with Gasteiger partial charge in [-0.3, -0.25) is 4.79 Å². The van der Waals surface area contributed by atoms with Gasteiger partial charge in [-0.25, -0.2) is 4.98 Å². The highest BCUT2D eigenvalue weighted by molar-refractivity contribution is 5.79. The lowest BCUT2D eigenvalue weighted by Gasteiger charge is -2.42. The van der Waals surface area contributed by atoms with Gasteiger partial charge in [-0.15, -0.1) is 0 Å². The van der Waals surface area contributed by atoms with Crippen molar-refractivity contribution in [3.63, 3.8) is 0 Å². The van der Waals surface area contributed by atoms with E-state index in [1.807, 2.05) is 17.0 Å². The molecule has 3 aliphatic rings. The third kappa shape index (κ3) is 3.33. The lowest BCUT2D eigenvalue weighted by molar-refractivity contribution is -0.131. The van der Waals surface area contributed by atoms with Crippen LogP contribution in [0.4, 0.5) is 5.82 Å². The fraction of sp³-hybridized carbons (Fsp3) is 0.458. The predicted molar refractivity (Wildman–Crippen MR) is 115 cm³/mol. The number of pyridine rings is 1. The van der Waals surface area contributed by atoms with E-state index in [4.69, 9.17) is 5.26 Å². The van der Waals surface area contributed by atoms with Crippen LogP contribution in [-0.2, 0) is 11.2 Å². The predicted octanol–water partition coefficient (Wildman–Crippen LogP) is 2.66. The number of aromatic nitrogens is 1. The highest BCUT2D eigenvalue weighted by atomic mass is 16.2. The Kier molecular flexibility index (Phi) is 4.92. The Morgan fingerprint density at radius 1 is 1.27 bits per heavy atom. The number of rotatable bonds is 4. The molecule has 1 aromatic heterocycles. The first-order valence-corrected chi connectivity index (χ1v) is 10.9. The fourth-order valence-corrected chi connectivity index (χ4v) is 5.49. The molecule has 2 fully saturated rings. The number of piperazine rings is 1. The average Bonchev–Trinajstić information content (AvgIpc) is 3.28. The van der Waals surface area contributed by atoms with Crippen molar-refractivity contribution >= 4 is 11.7 Å². The molecule has 2 saturated heterocycles. The largest absolute Gasteiger partial charge is 0.347 e. The first kappa shape index (κ1) is 19.1. The Morgan fingerprint density at radius 2 is 2.13 bits per heavy atom. The summed E-state index contributed by atoms with van der Waals surface area (Å²) in [5.74, 6) is 1.62. The highest BCUT2D eigenvalue weighted by Crippen LogP contribution is 2.37. The zero-order valence-corrected chi connectivity index (χ0v) is 17.3. The first-order valence-electron chi connectivity index (χ1n) is 10.9. The number of hydrogen-bond donors (Lipinski definition) is 1. The second-order valence-electron chi connectivity index (χ2n) is 8.83. The Hall–Kier alpha value is -2.91. The Balaban J connectivity index is 1.24. The monoisotopic (exact) mass is 401 g/mol. The van der Waals surface area contributed by atoms with Gasteiger partial charge in [0, 0.05) is 31.4 Å². The summed E-state index contributed by atoms with van der Waals surface area (Å²) in [7, 11) is 0. The quantitative estimate of drug-likeness (QED) is 0.853. The highest BCUT2D eigenvalue weighted by Gasteiger charge is 2.45. The lowest BCUT2D eigenvalue weighted by Crippen LogP contribution is -2.57. The molecule has 0 spiro atoms. The number of fused-ring (bicyclic) bond motifs is 3. The van der Waals surface area contributed by atoms with Crippen molar-refractivity contribution < 1.29 is 4.79 Å². The summed E-state index contributed by atoms with van der Waals surface area (Å²) in [6, 6.07) is 15.3. The van der Waals surface area contributed by atoms with E-state index < -0.39 is 0 Å². The van der Waals surface area contributed by atoms with Gasteiger partial charge in [0.05, 0.1) is 18.2 Å². The summed E-state index contributed by atoms with van der Waals surface area (Å²) in [6.45, 7) is 4.14. The van der Waals surface area contributed by atoms with Gasteiger partial charge in [0.2, 0.25) is 5.91 Å². The minimum atomic E-state index is 0.191. The summed E-state index contributed by atoms with van der Waals surface area (Å²) in [5.41, 5.74) is 3.32. The van der Waals surface area contributed by atoms with E-state index >= 15 is 0 Å². The normalized spacial score (nSPS) is 27.1. The van der Waals surface area contributed by atoms with Gasteiger partial charge in [0.15, 0.2) is 0 Å². The number of nitriles is 1. The second kappa shape index (κ2) is 7.73. The topological polar surface area (TPSA) is 72.3 Å². The minimum Gasteiger partial charge on any atom is -0.347 e. The zero-order valence-electron chi connectivity index (χ0n) is 17.3. The van der Waals surface area contributed by atoms with Crippen LogP contribution in [-0.4, -0.2) is 47.5 Å². The van der Waals surface area contributed by atoms with Gasteiger partial charge in [-0.1, -0.05) is 31.2 Å². The number of carbonyl (C=O) groups is 1. The smallest absolute Gasteiger partial charge is 0.236 e. The van der Waals surface area contributed by atoms with Crippen LogP contribution in [0.5, 0.6) is 0 Å². The summed E-state index contributed by atoms with van der Waals surface area (Å²) >= 11 is 0. The molecule has 1 aliphatic carbocycles. The summed E-state index contributed by atoms with van der Waals surface area (Å²) in [5, 5.41) is 12.5. The van der Waals surface area contributed by atoms with Gasteiger partial charge >= 0.3 is 0 Å². The molecular weight excluding hydrogens is 374 g/mol. The Labute approximate surface area is 177 Å². The number of carbonyl (C=O) groups excluding carboxylic acids is 1. The first-order chi connectivity index (χ1) is 14.6. The molecular formula is C24H27N5O. The van der Waals surface area contributed by atoms with Crippen LogP contribution in [0.3, 0.4) is 0 Å². The third-order valence-corrected chi connectivity index (χ3v) is 7.02. The molecule has 3 unspecified atom stereocenters. The van der Waals surface area contributed by atoms with Crippen LogP contribution < -0.4 is 10.2 Å². The van der Waals surface area contributed by atoms with Gasteiger partial charge in [0.25, 0.3) is 0 Å². The zero-order chi connectivity index (χ0) is 20.7. The van der Waals surface area contributed by atoms with Crippen LogP contribution in [0.1, 0.15) is 42.5 Å². The van der Waals surface area contributed by atoms with Crippen molar-refractivity contribution in [1.82, 2.24) is 15.2 Å². The molecule has 0 saturated carbocycles. The molecule has 0 radical (unpaired) electrons. The molecule has 2 aliphatic heterocycles. The van der Waals surface area contributed by atoms with Crippen molar-refractivity contribution in [3.05, 3.63) is 59.3 Å². The molecule has 2 aromatic rings. The fourth-order valence-electron chi connectivity index (χ4n) is 5.49.